The second-order valence-electron chi connectivity index (χ2n) is 6.84. The zero-order valence-electron chi connectivity index (χ0n) is 16.0. The van der Waals surface area contributed by atoms with Crippen molar-refractivity contribution < 1.29 is 24.4 Å². The van der Waals surface area contributed by atoms with Gasteiger partial charge in [0, 0.05) is 10.1 Å². The van der Waals surface area contributed by atoms with Crippen molar-refractivity contribution in [2.75, 3.05) is 0 Å². The summed E-state index contributed by atoms with van der Waals surface area (Å²) in [7, 11) is 0. The van der Waals surface area contributed by atoms with Gasteiger partial charge in [-0.3, -0.25) is 0 Å². The summed E-state index contributed by atoms with van der Waals surface area (Å²) in [5, 5.41) is 28.6. The molecule has 0 amide bonds. The molecule has 4 nitrogen and oxygen atoms in total. The number of rotatable bonds is 5. The molecule has 3 aromatic carbocycles. The van der Waals surface area contributed by atoms with Gasteiger partial charge in [-0.15, -0.1) is 11.3 Å². The molecule has 1 heterocycles. The van der Waals surface area contributed by atoms with Crippen molar-refractivity contribution in [3.05, 3.63) is 83.7 Å². The van der Waals surface area contributed by atoms with Crippen molar-refractivity contribution in [2.45, 2.75) is 13.2 Å². The number of benzene rings is 3. The first-order valence-electron chi connectivity index (χ1n) is 9.25. The van der Waals surface area contributed by atoms with Crippen LogP contribution in [0.15, 0.2) is 66.7 Å². The molecule has 0 aliphatic carbocycles. The van der Waals surface area contributed by atoms with Crippen molar-refractivity contribution in [1.29, 1.82) is 0 Å². The third-order valence-electron chi connectivity index (χ3n) is 4.62. The number of aromatic hydroxyl groups is 1. The zero-order valence-corrected chi connectivity index (χ0v) is 16.9. The van der Waals surface area contributed by atoms with Gasteiger partial charge < -0.3 is 20.1 Å². The molecule has 0 saturated carbocycles. The highest BCUT2D eigenvalue weighted by atomic mass is 32.1. The topological polar surface area (TPSA) is 69.9 Å². The predicted molar refractivity (Wildman–Crippen MR) is 117 cm³/mol. The average Bonchev–Trinajstić information content (AvgIpc) is 3.04. The highest BCUT2D eigenvalue weighted by Crippen LogP contribution is 2.47. The molecule has 0 aliphatic heterocycles. The Kier molecular flexibility index (Phi) is 5.55. The Morgan fingerprint density at radius 3 is 2.47 bits per heavy atom. The lowest BCUT2D eigenvalue weighted by Crippen LogP contribution is -1.96. The lowest BCUT2D eigenvalue weighted by molar-refractivity contribution is 0.00303. The highest BCUT2D eigenvalue weighted by Gasteiger charge is 2.18. The van der Waals surface area contributed by atoms with Crippen molar-refractivity contribution >= 4 is 27.5 Å². The van der Waals surface area contributed by atoms with Gasteiger partial charge in [0.15, 0.2) is 12.0 Å². The second-order valence-corrected chi connectivity index (χ2v) is 7.90. The third kappa shape index (κ3) is 4.21. The van der Waals surface area contributed by atoms with Gasteiger partial charge in [0.2, 0.25) is 0 Å². The van der Waals surface area contributed by atoms with E-state index in [-0.39, 0.29) is 11.6 Å². The SMILES string of the molecule is Cc1cc(F)ccc1-c1sc2cc(O)ccc2c1Oc1ccc(/C=C/C(O)O)cc1. The van der Waals surface area contributed by atoms with Crippen LogP contribution in [0.3, 0.4) is 0 Å². The normalized spacial score (nSPS) is 11.6. The summed E-state index contributed by atoms with van der Waals surface area (Å²) in [6.07, 6.45) is 1.37. The van der Waals surface area contributed by atoms with Crippen LogP contribution in [0, 0.1) is 12.7 Å². The van der Waals surface area contributed by atoms with Gasteiger partial charge in [-0.25, -0.2) is 4.39 Å². The van der Waals surface area contributed by atoms with Gasteiger partial charge in [0.05, 0.1) is 4.88 Å². The number of phenolic OH excluding ortho intramolecular Hbond substituents is 1. The minimum absolute atomic E-state index is 0.167. The molecule has 0 spiro atoms. The van der Waals surface area contributed by atoms with Crippen molar-refractivity contribution in [3.63, 3.8) is 0 Å². The second kappa shape index (κ2) is 8.28. The first kappa shape index (κ1) is 20.1. The summed E-state index contributed by atoms with van der Waals surface area (Å²) in [6, 6.07) is 16.9. The molecule has 6 heteroatoms. The van der Waals surface area contributed by atoms with Gasteiger partial charge in [-0.05, 0) is 72.2 Å². The van der Waals surface area contributed by atoms with Gasteiger partial charge in [0.1, 0.15) is 17.3 Å². The monoisotopic (exact) mass is 422 g/mol. The van der Waals surface area contributed by atoms with Crippen LogP contribution in [0.5, 0.6) is 17.2 Å². The number of hydrogen-bond donors (Lipinski definition) is 3. The third-order valence-corrected chi connectivity index (χ3v) is 5.79. The number of phenols is 1. The minimum Gasteiger partial charge on any atom is -0.508 e. The molecule has 0 saturated heterocycles. The molecule has 4 rings (SSSR count). The van der Waals surface area contributed by atoms with Crippen LogP contribution < -0.4 is 4.74 Å². The summed E-state index contributed by atoms with van der Waals surface area (Å²) in [4.78, 5) is 0.848. The number of halogens is 1. The molecule has 1 aromatic heterocycles. The van der Waals surface area contributed by atoms with E-state index >= 15 is 0 Å². The molecular weight excluding hydrogens is 403 g/mol. The van der Waals surface area contributed by atoms with E-state index in [2.05, 4.69) is 0 Å². The average molecular weight is 422 g/mol. The smallest absolute Gasteiger partial charge is 0.171 e. The van der Waals surface area contributed by atoms with E-state index in [9.17, 15) is 9.50 Å². The summed E-state index contributed by atoms with van der Waals surface area (Å²) >= 11 is 1.47. The van der Waals surface area contributed by atoms with Gasteiger partial charge in [-0.2, -0.15) is 0 Å². The van der Waals surface area contributed by atoms with Gasteiger partial charge >= 0.3 is 0 Å². The number of thiophene rings is 1. The van der Waals surface area contributed by atoms with E-state index in [4.69, 9.17) is 14.9 Å². The Morgan fingerprint density at radius 1 is 1.00 bits per heavy atom. The summed E-state index contributed by atoms with van der Waals surface area (Å²) in [6.45, 7) is 1.85. The molecule has 3 N–H and O–H groups in total. The maximum atomic E-state index is 13.6. The van der Waals surface area contributed by atoms with E-state index in [1.165, 1.54) is 29.5 Å². The molecule has 30 heavy (non-hydrogen) atoms. The Morgan fingerprint density at radius 2 is 1.77 bits per heavy atom. The molecule has 0 radical (unpaired) electrons. The maximum Gasteiger partial charge on any atom is 0.171 e. The van der Waals surface area contributed by atoms with E-state index in [0.717, 1.165) is 31.7 Å². The predicted octanol–water partition coefficient (Wildman–Crippen LogP) is 5.84. The van der Waals surface area contributed by atoms with E-state index in [1.54, 1.807) is 54.6 Å². The molecule has 0 aliphatic rings. The van der Waals surface area contributed by atoms with Crippen LogP contribution in [-0.4, -0.2) is 21.6 Å². The largest absolute Gasteiger partial charge is 0.508 e. The van der Waals surface area contributed by atoms with Crippen LogP contribution in [0.1, 0.15) is 11.1 Å². The van der Waals surface area contributed by atoms with Gasteiger partial charge in [-0.1, -0.05) is 24.3 Å². The molecule has 0 bridgehead atoms. The Balaban J connectivity index is 1.77. The first-order chi connectivity index (χ1) is 14.4. The Hall–Kier alpha value is -3.19. The van der Waals surface area contributed by atoms with E-state index < -0.39 is 6.29 Å². The fourth-order valence-corrected chi connectivity index (χ4v) is 4.44. The molecule has 0 unspecified atom stereocenters. The Bertz CT molecular complexity index is 1230. The van der Waals surface area contributed by atoms with Crippen LogP contribution in [0.25, 0.3) is 26.6 Å². The van der Waals surface area contributed by atoms with Crippen molar-refractivity contribution in [2.24, 2.45) is 0 Å². The number of aliphatic hydroxyl groups excluding tert-OH is 1. The molecule has 0 fully saturated rings. The lowest BCUT2D eigenvalue weighted by Gasteiger charge is -2.10. The van der Waals surface area contributed by atoms with Crippen molar-refractivity contribution in [1.82, 2.24) is 0 Å². The number of ether oxygens (including phenoxy) is 1. The van der Waals surface area contributed by atoms with E-state index in [1.807, 2.05) is 6.92 Å². The maximum absolute atomic E-state index is 13.6. The lowest BCUT2D eigenvalue weighted by atomic mass is 10.1. The number of aliphatic hydroxyl groups is 2. The van der Waals surface area contributed by atoms with Crippen LogP contribution in [0.4, 0.5) is 4.39 Å². The number of fused-ring (bicyclic) bond motifs is 1. The van der Waals surface area contributed by atoms with Crippen LogP contribution in [0.2, 0.25) is 0 Å². The number of aryl methyl sites for hydroxylation is 1. The number of hydrogen-bond acceptors (Lipinski definition) is 5. The van der Waals surface area contributed by atoms with Gasteiger partial charge in [0.25, 0.3) is 0 Å². The summed E-state index contributed by atoms with van der Waals surface area (Å²) in [5.74, 6) is 1.11. The first-order valence-corrected chi connectivity index (χ1v) is 10.1. The molecule has 4 aromatic rings. The fraction of sp³-hybridized carbons (Fsp3) is 0.0833. The fourth-order valence-electron chi connectivity index (χ4n) is 3.18. The van der Waals surface area contributed by atoms with E-state index in [0.29, 0.717) is 11.5 Å². The molecule has 0 atom stereocenters. The molecular formula is C24H19FO4S. The summed E-state index contributed by atoms with van der Waals surface area (Å²) in [5.41, 5.74) is 2.45. The highest BCUT2D eigenvalue weighted by molar-refractivity contribution is 7.22. The summed E-state index contributed by atoms with van der Waals surface area (Å²) < 4.78 is 20.7. The quantitative estimate of drug-likeness (QED) is 0.354. The van der Waals surface area contributed by atoms with Crippen LogP contribution in [-0.2, 0) is 0 Å². The minimum atomic E-state index is -1.50. The van der Waals surface area contributed by atoms with Crippen molar-refractivity contribution in [3.8, 4) is 27.7 Å². The standard InChI is InChI=1S/C24H19FO4S/c1-14-12-16(25)5-9-19(14)24-23(20-10-6-17(26)13-21(20)30-24)29-18-7-2-15(3-8-18)4-11-22(27)28/h2-13,22,26-28H,1H3/b11-4+. The van der Waals surface area contributed by atoms with Crippen LogP contribution >= 0.6 is 11.3 Å². The molecule has 152 valence electrons. The zero-order chi connectivity index (χ0) is 21.3. The Labute approximate surface area is 176 Å².